The summed E-state index contributed by atoms with van der Waals surface area (Å²) < 4.78 is 16.9. The maximum Gasteiger partial charge on any atom is 0.306 e. The second kappa shape index (κ2) is 66.8. The Morgan fingerprint density at radius 1 is 0.266 bits per heavy atom. The molecule has 79 heavy (non-hydrogen) atoms. The predicted molar refractivity (Wildman–Crippen MR) is 344 cm³/mol. The fourth-order valence-corrected chi connectivity index (χ4v) is 9.50. The van der Waals surface area contributed by atoms with Crippen molar-refractivity contribution < 1.29 is 28.6 Å². The van der Waals surface area contributed by atoms with Crippen LogP contribution in [0, 0.1) is 0 Å². The van der Waals surface area contributed by atoms with Gasteiger partial charge in [0, 0.05) is 19.3 Å². The van der Waals surface area contributed by atoms with Gasteiger partial charge in [0.1, 0.15) is 13.2 Å². The van der Waals surface area contributed by atoms with Crippen LogP contribution >= 0.6 is 0 Å². The summed E-state index contributed by atoms with van der Waals surface area (Å²) in [7, 11) is 0. The summed E-state index contributed by atoms with van der Waals surface area (Å²) in [6, 6.07) is 0. The quantitative estimate of drug-likeness (QED) is 0.0261. The van der Waals surface area contributed by atoms with Crippen molar-refractivity contribution in [2.24, 2.45) is 0 Å². The molecule has 0 aliphatic rings. The van der Waals surface area contributed by atoms with E-state index in [1.807, 2.05) is 0 Å². The van der Waals surface area contributed by atoms with Crippen molar-refractivity contribution in [3.8, 4) is 0 Å². The second-order valence-electron chi connectivity index (χ2n) is 22.3. The molecule has 0 amide bonds. The minimum atomic E-state index is -0.802. The first kappa shape index (κ1) is 75.3. The highest BCUT2D eigenvalue weighted by atomic mass is 16.6. The first-order valence-electron chi connectivity index (χ1n) is 33.7. The van der Waals surface area contributed by atoms with Gasteiger partial charge in [-0.15, -0.1) is 0 Å². The smallest absolute Gasteiger partial charge is 0.306 e. The second-order valence-corrected chi connectivity index (χ2v) is 22.3. The van der Waals surface area contributed by atoms with Crippen LogP contribution in [0.25, 0.3) is 0 Å². The highest BCUT2D eigenvalue weighted by Crippen LogP contribution is 2.17. The molecule has 1 atom stereocenters. The third-order valence-electron chi connectivity index (χ3n) is 14.5. The predicted octanol–water partition coefficient (Wildman–Crippen LogP) is 23.2. The van der Waals surface area contributed by atoms with Gasteiger partial charge in [0.05, 0.1) is 0 Å². The Hall–Kier alpha value is -3.67. The van der Waals surface area contributed by atoms with Crippen molar-refractivity contribution in [3.05, 3.63) is 97.2 Å². The van der Waals surface area contributed by atoms with E-state index in [1.54, 1.807) is 0 Å². The number of allylic oxidation sites excluding steroid dienone is 16. The molecule has 0 fully saturated rings. The molecule has 0 saturated carbocycles. The average Bonchev–Trinajstić information content (AvgIpc) is 3.45. The van der Waals surface area contributed by atoms with E-state index in [1.165, 1.54) is 161 Å². The normalized spacial score (nSPS) is 12.7. The maximum absolute atomic E-state index is 12.9. The van der Waals surface area contributed by atoms with Crippen LogP contribution in [0.4, 0.5) is 0 Å². The van der Waals surface area contributed by atoms with E-state index in [0.717, 1.165) is 128 Å². The van der Waals surface area contributed by atoms with Crippen LogP contribution in [-0.4, -0.2) is 37.2 Å². The average molecular weight is 1100 g/mol. The third kappa shape index (κ3) is 65.0. The molecule has 6 nitrogen and oxygen atoms in total. The summed E-state index contributed by atoms with van der Waals surface area (Å²) in [5, 5.41) is 0. The molecule has 0 radical (unpaired) electrons. The molecule has 0 aromatic rings. The topological polar surface area (TPSA) is 78.9 Å². The molecule has 0 aromatic heterocycles. The van der Waals surface area contributed by atoms with Gasteiger partial charge in [-0.1, -0.05) is 291 Å². The van der Waals surface area contributed by atoms with Gasteiger partial charge in [-0.3, -0.25) is 14.4 Å². The minimum Gasteiger partial charge on any atom is -0.462 e. The van der Waals surface area contributed by atoms with Crippen molar-refractivity contribution in [1.82, 2.24) is 0 Å². The summed E-state index contributed by atoms with van der Waals surface area (Å²) in [6.45, 7) is 6.45. The number of rotatable bonds is 61. The van der Waals surface area contributed by atoms with Crippen LogP contribution in [0.15, 0.2) is 97.2 Å². The Bertz CT molecular complexity index is 1540. The standard InChI is InChI=1S/C73H126O6/c1-4-7-10-13-16-19-22-25-27-29-31-32-33-34-35-36-37-38-39-40-42-43-45-48-51-54-57-60-63-66-72(75)78-69-70(68-77-71(74)65-62-59-56-53-50-47-24-21-18-15-12-9-6-3)79-73(76)67-64-61-58-55-52-49-46-44-41-30-28-26-23-20-17-14-11-8-5-2/h8,11-12,15,17,20-21,24,26,28-29,31,41,44,49,52,70H,4-7,9-10,13-14,16,18-19,22-23,25,27,30,32-40,42-43,45-48,50-51,53-69H2,1-3H3/b11-8-,15-12-,20-17-,24-21-,28-26-,31-29-,44-41-,52-49-. The summed E-state index contributed by atoms with van der Waals surface area (Å²) in [6.07, 6.45) is 90.1. The van der Waals surface area contributed by atoms with E-state index in [0.29, 0.717) is 12.8 Å². The van der Waals surface area contributed by atoms with Gasteiger partial charge in [0.2, 0.25) is 0 Å². The van der Waals surface area contributed by atoms with Crippen molar-refractivity contribution in [3.63, 3.8) is 0 Å². The molecule has 0 spiro atoms. The maximum atomic E-state index is 12.9. The fraction of sp³-hybridized carbons (Fsp3) is 0.740. The van der Waals surface area contributed by atoms with Crippen molar-refractivity contribution in [2.75, 3.05) is 13.2 Å². The van der Waals surface area contributed by atoms with Gasteiger partial charge >= 0.3 is 17.9 Å². The van der Waals surface area contributed by atoms with E-state index in [9.17, 15) is 14.4 Å². The van der Waals surface area contributed by atoms with Crippen LogP contribution < -0.4 is 0 Å². The number of carbonyl (C=O) groups is 3. The molecule has 0 N–H and O–H groups in total. The summed E-state index contributed by atoms with van der Waals surface area (Å²) in [5.41, 5.74) is 0. The van der Waals surface area contributed by atoms with E-state index >= 15 is 0 Å². The molecular weight excluding hydrogens is 973 g/mol. The molecule has 0 aromatic carbocycles. The minimum absolute atomic E-state index is 0.0941. The van der Waals surface area contributed by atoms with Crippen LogP contribution in [0.1, 0.15) is 329 Å². The Morgan fingerprint density at radius 3 is 0.848 bits per heavy atom. The van der Waals surface area contributed by atoms with Crippen LogP contribution in [0.5, 0.6) is 0 Å². The summed E-state index contributed by atoms with van der Waals surface area (Å²) in [4.78, 5) is 38.3. The Labute approximate surface area is 489 Å². The molecule has 0 aliphatic carbocycles. The van der Waals surface area contributed by atoms with E-state index in [4.69, 9.17) is 14.2 Å². The van der Waals surface area contributed by atoms with Gasteiger partial charge in [0.25, 0.3) is 0 Å². The lowest BCUT2D eigenvalue weighted by molar-refractivity contribution is -0.167. The first-order chi connectivity index (χ1) is 39.0. The third-order valence-corrected chi connectivity index (χ3v) is 14.5. The monoisotopic (exact) mass is 1100 g/mol. The molecule has 0 bridgehead atoms. The Balaban J connectivity index is 4.27. The first-order valence-corrected chi connectivity index (χ1v) is 33.7. The lowest BCUT2D eigenvalue weighted by Crippen LogP contribution is -2.30. The van der Waals surface area contributed by atoms with Gasteiger partial charge in [-0.05, 0) is 116 Å². The van der Waals surface area contributed by atoms with Crippen LogP contribution in [-0.2, 0) is 28.6 Å². The highest BCUT2D eigenvalue weighted by Gasteiger charge is 2.19. The summed E-state index contributed by atoms with van der Waals surface area (Å²) >= 11 is 0. The van der Waals surface area contributed by atoms with Crippen LogP contribution in [0.2, 0.25) is 0 Å². The number of esters is 3. The fourth-order valence-electron chi connectivity index (χ4n) is 9.50. The molecule has 1 unspecified atom stereocenters. The van der Waals surface area contributed by atoms with Crippen molar-refractivity contribution in [2.45, 2.75) is 335 Å². The van der Waals surface area contributed by atoms with Gasteiger partial charge in [0.15, 0.2) is 6.10 Å². The highest BCUT2D eigenvalue weighted by molar-refractivity contribution is 5.71. The number of unbranched alkanes of at least 4 members (excludes halogenated alkanes) is 34. The van der Waals surface area contributed by atoms with Gasteiger partial charge in [-0.25, -0.2) is 0 Å². The van der Waals surface area contributed by atoms with Gasteiger partial charge in [-0.2, -0.15) is 0 Å². The van der Waals surface area contributed by atoms with E-state index < -0.39 is 6.10 Å². The molecule has 0 saturated heterocycles. The van der Waals surface area contributed by atoms with Crippen LogP contribution in [0.3, 0.4) is 0 Å². The number of hydrogen-bond donors (Lipinski definition) is 0. The number of carbonyl (C=O) groups excluding carboxylic acids is 3. The van der Waals surface area contributed by atoms with Crippen molar-refractivity contribution in [1.29, 1.82) is 0 Å². The number of ether oxygens (including phenoxy) is 3. The largest absolute Gasteiger partial charge is 0.462 e. The Morgan fingerprint density at radius 2 is 0.519 bits per heavy atom. The Kier molecular flexibility index (Phi) is 63.7. The number of hydrogen-bond acceptors (Lipinski definition) is 6. The van der Waals surface area contributed by atoms with Gasteiger partial charge < -0.3 is 14.2 Å². The van der Waals surface area contributed by atoms with Crippen molar-refractivity contribution >= 4 is 17.9 Å². The molecule has 6 heteroatoms. The molecule has 454 valence electrons. The SMILES string of the molecule is CC/C=C\C/C=C\C/C=C\C/C=C\C/C=C\CCCCCC(=O)OC(COC(=O)CCCCCCC/C=C\C/C=C\CCC)COC(=O)CCCCCCCCCCCCCCCCCCC/C=C\CCCCCCCCCC. The zero-order valence-corrected chi connectivity index (χ0v) is 52.1. The molecule has 0 heterocycles. The zero-order valence-electron chi connectivity index (χ0n) is 52.1. The summed E-state index contributed by atoms with van der Waals surface area (Å²) in [5.74, 6) is -0.931. The van der Waals surface area contributed by atoms with E-state index in [-0.39, 0.29) is 37.5 Å². The molecule has 0 aliphatic heterocycles. The molecular formula is C73H126O6. The lowest BCUT2D eigenvalue weighted by Gasteiger charge is -2.18. The zero-order chi connectivity index (χ0) is 57.1. The molecule has 0 rings (SSSR count). The van der Waals surface area contributed by atoms with E-state index in [2.05, 4.69) is 118 Å². The lowest BCUT2D eigenvalue weighted by atomic mass is 10.0.